The molecule has 0 atom stereocenters. The van der Waals surface area contributed by atoms with Crippen LogP contribution in [0, 0.1) is 0 Å². The standard InChI is InChI=1S/C60H46N2/c1-59(2)52-24-12-9-22-50(52)58-53(59)25-15-27-56(58)61(44-32-28-39(29-33-44)41-30-34-47-46-20-8-11-23-51(46)60(3,4)54(47)37-41)45-19-14-16-40(36-45)42-31-35-49-48-21-10-13-26-55(48)62(57(49)38-42)43-17-6-5-7-18-43/h5-38H,1-4H3. The number of anilines is 3. The summed E-state index contributed by atoms with van der Waals surface area (Å²) < 4.78 is 2.40. The fraction of sp³-hybridized carbons (Fsp3) is 0.100. The Kier molecular flexibility index (Phi) is 7.96. The minimum atomic E-state index is -0.118. The molecule has 0 N–H and O–H groups in total. The van der Waals surface area contributed by atoms with Gasteiger partial charge in [0.2, 0.25) is 0 Å². The SMILES string of the molecule is CC1(C)c2ccccc2-c2ccc(-c3ccc(N(c4cccc(-c5ccc6c7ccccc7n(-c7ccccc7)c6c5)c4)c4cccc5c4-c4ccccc4C5(C)C)cc3)cc21. The Labute approximate surface area is 364 Å². The molecule has 9 aromatic carbocycles. The quantitative estimate of drug-likeness (QED) is 0.163. The van der Waals surface area contributed by atoms with Crippen molar-refractivity contribution in [3.63, 3.8) is 0 Å². The highest BCUT2D eigenvalue weighted by Crippen LogP contribution is 2.55. The van der Waals surface area contributed by atoms with Gasteiger partial charge in [0.15, 0.2) is 0 Å². The van der Waals surface area contributed by atoms with Crippen LogP contribution in [0.25, 0.3) is 72.0 Å². The summed E-state index contributed by atoms with van der Waals surface area (Å²) in [6, 6.07) is 76.5. The first-order valence-corrected chi connectivity index (χ1v) is 21.8. The average Bonchev–Trinajstić information content (AvgIpc) is 3.86. The number of fused-ring (bicyclic) bond motifs is 9. The maximum atomic E-state index is 2.48. The van der Waals surface area contributed by atoms with Gasteiger partial charge in [0.1, 0.15) is 0 Å². The topological polar surface area (TPSA) is 8.17 Å². The molecule has 2 heteroatoms. The van der Waals surface area contributed by atoms with E-state index < -0.39 is 0 Å². The second kappa shape index (κ2) is 13.5. The van der Waals surface area contributed by atoms with Crippen LogP contribution in [0.15, 0.2) is 206 Å². The number of hydrogen-bond acceptors (Lipinski definition) is 1. The summed E-state index contributed by atoms with van der Waals surface area (Å²) in [6.07, 6.45) is 0. The smallest absolute Gasteiger partial charge is 0.0547 e. The van der Waals surface area contributed by atoms with E-state index in [1.807, 2.05) is 0 Å². The highest BCUT2D eigenvalue weighted by Gasteiger charge is 2.38. The fourth-order valence-corrected chi connectivity index (χ4v) is 10.9. The first kappa shape index (κ1) is 36.4. The molecule has 0 aliphatic heterocycles. The molecule has 0 spiro atoms. The highest BCUT2D eigenvalue weighted by atomic mass is 15.1. The molecule has 10 aromatic rings. The molecular formula is C60H46N2. The van der Waals surface area contributed by atoms with Crippen molar-refractivity contribution in [1.82, 2.24) is 4.57 Å². The third-order valence-electron chi connectivity index (χ3n) is 14.0. The number of benzene rings is 9. The van der Waals surface area contributed by atoms with Gasteiger partial charge < -0.3 is 9.47 Å². The van der Waals surface area contributed by atoms with Gasteiger partial charge in [-0.25, -0.2) is 0 Å². The van der Waals surface area contributed by atoms with Gasteiger partial charge in [-0.1, -0.05) is 173 Å². The van der Waals surface area contributed by atoms with Crippen molar-refractivity contribution in [1.29, 1.82) is 0 Å². The van der Waals surface area contributed by atoms with Crippen molar-refractivity contribution in [2.24, 2.45) is 0 Å². The van der Waals surface area contributed by atoms with E-state index in [4.69, 9.17) is 0 Å². The first-order valence-electron chi connectivity index (χ1n) is 21.8. The van der Waals surface area contributed by atoms with Gasteiger partial charge >= 0.3 is 0 Å². The molecule has 2 nitrogen and oxygen atoms in total. The maximum absolute atomic E-state index is 2.48. The van der Waals surface area contributed by atoms with Crippen LogP contribution in [0.5, 0.6) is 0 Å². The molecule has 1 heterocycles. The summed E-state index contributed by atoms with van der Waals surface area (Å²) in [4.78, 5) is 2.48. The third kappa shape index (κ3) is 5.36. The molecule has 62 heavy (non-hydrogen) atoms. The molecule has 0 bridgehead atoms. The lowest BCUT2D eigenvalue weighted by Crippen LogP contribution is -2.16. The van der Waals surface area contributed by atoms with Crippen molar-refractivity contribution < 1.29 is 0 Å². The molecule has 1 aromatic heterocycles. The largest absolute Gasteiger partial charge is 0.310 e. The average molecular weight is 795 g/mol. The lowest BCUT2D eigenvalue weighted by atomic mass is 9.81. The molecular weight excluding hydrogens is 749 g/mol. The van der Waals surface area contributed by atoms with Crippen molar-refractivity contribution in [2.75, 3.05) is 4.90 Å². The summed E-state index contributed by atoms with van der Waals surface area (Å²) in [5.74, 6) is 0. The molecule has 12 rings (SSSR count). The number of hydrogen-bond donors (Lipinski definition) is 0. The lowest BCUT2D eigenvalue weighted by Gasteiger charge is -2.29. The maximum Gasteiger partial charge on any atom is 0.0547 e. The van der Waals surface area contributed by atoms with Crippen molar-refractivity contribution in [3.05, 3.63) is 229 Å². The van der Waals surface area contributed by atoms with Gasteiger partial charge in [-0.2, -0.15) is 0 Å². The number of para-hydroxylation sites is 2. The molecule has 0 unspecified atom stereocenters. The van der Waals surface area contributed by atoms with Crippen LogP contribution >= 0.6 is 0 Å². The predicted molar refractivity (Wildman–Crippen MR) is 261 cm³/mol. The summed E-state index contributed by atoms with van der Waals surface area (Å²) in [6.45, 7) is 9.44. The van der Waals surface area contributed by atoms with E-state index in [9.17, 15) is 0 Å². The Bertz CT molecular complexity index is 3400. The molecule has 0 radical (unpaired) electrons. The Morgan fingerprint density at radius 2 is 0.935 bits per heavy atom. The van der Waals surface area contributed by atoms with Crippen LogP contribution in [0.3, 0.4) is 0 Å². The molecule has 0 fully saturated rings. The number of aromatic nitrogens is 1. The van der Waals surface area contributed by atoms with Crippen molar-refractivity contribution in [3.8, 4) is 50.2 Å². The van der Waals surface area contributed by atoms with Crippen LogP contribution in [-0.2, 0) is 10.8 Å². The van der Waals surface area contributed by atoms with Crippen LogP contribution < -0.4 is 4.90 Å². The number of nitrogens with zero attached hydrogens (tertiary/aromatic N) is 2. The van der Waals surface area contributed by atoms with Gasteiger partial charge in [-0.05, 0) is 122 Å². The second-order valence-corrected chi connectivity index (χ2v) is 18.2. The molecule has 2 aliphatic carbocycles. The van der Waals surface area contributed by atoms with E-state index in [2.05, 4.69) is 243 Å². The van der Waals surface area contributed by atoms with Crippen molar-refractivity contribution >= 4 is 38.9 Å². The van der Waals surface area contributed by atoms with Crippen LogP contribution in [0.2, 0.25) is 0 Å². The zero-order valence-corrected chi connectivity index (χ0v) is 35.5. The molecule has 0 amide bonds. The van der Waals surface area contributed by atoms with Gasteiger partial charge in [0.25, 0.3) is 0 Å². The highest BCUT2D eigenvalue weighted by molar-refractivity contribution is 6.10. The summed E-state index contributed by atoms with van der Waals surface area (Å²) in [7, 11) is 0. The molecule has 296 valence electrons. The van der Waals surface area contributed by atoms with E-state index in [0.717, 1.165) is 17.1 Å². The predicted octanol–water partition coefficient (Wildman–Crippen LogP) is 16.2. The Hall–Kier alpha value is -7.42. The Morgan fingerprint density at radius 3 is 1.76 bits per heavy atom. The van der Waals surface area contributed by atoms with E-state index >= 15 is 0 Å². The van der Waals surface area contributed by atoms with Gasteiger partial charge in [-0.15, -0.1) is 0 Å². The van der Waals surface area contributed by atoms with E-state index in [1.165, 1.54) is 94.3 Å². The third-order valence-corrected chi connectivity index (χ3v) is 14.0. The minimum absolute atomic E-state index is 0.0515. The molecule has 0 saturated heterocycles. The van der Waals surface area contributed by atoms with E-state index in [1.54, 1.807) is 0 Å². The zero-order valence-electron chi connectivity index (χ0n) is 35.5. The van der Waals surface area contributed by atoms with Gasteiger partial charge in [-0.3, -0.25) is 0 Å². The summed E-state index contributed by atoms with van der Waals surface area (Å²) in [5.41, 5.74) is 22.5. The fourth-order valence-electron chi connectivity index (χ4n) is 10.9. The minimum Gasteiger partial charge on any atom is -0.310 e. The number of rotatable bonds is 6. The van der Waals surface area contributed by atoms with Crippen LogP contribution in [-0.4, -0.2) is 4.57 Å². The monoisotopic (exact) mass is 794 g/mol. The normalized spacial score (nSPS) is 14.1. The van der Waals surface area contributed by atoms with Crippen molar-refractivity contribution in [2.45, 2.75) is 38.5 Å². The summed E-state index contributed by atoms with van der Waals surface area (Å²) in [5, 5.41) is 2.51. The second-order valence-electron chi connectivity index (χ2n) is 18.2. The summed E-state index contributed by atoms with van der Waals surface area (Å²) >= 11 is 0. The van der Waals surface area contributed by atoms with Crippen LogP contribution in [0.1, 0.15) is 49.9 Å². The Morgan fingerprint density at radius 1 is 0.355 bits per heavy atom. The van der Waals surface area contributed by atoms with Gasteiger partial charge in [0, 0.05) is 44.2 Å². The molecule has 0 saturated carbocycles. The molecule has 2 aliphatic rings. The lowest BCUT2D eigenvalue weighted by molar-refractivity contribution is 0.660. The van der Waals surface area contributed by atoms with Crippen LogP contribution in [0.4, 0.5) is 17.1 Å². The van der Waals surface area contributed by atoms with E-state index in [0.29, 0.717) is 0 Å². The first-order chi connectivity index (χ1) is 30.3. The zero-order chi connectivity index (χ0) is 41.7. The van der Waals surface area contributed by atoms with E-state index in [-0.39, 0.29) is 10.8 Å². The van der Waals surface area contributed by atoms with Gasteiger partial charge in [0.05, 0.1) is 16.7 Å². The Balaban J connectivity index is 1.01.